The van der Waals surface area contributed by atoms with Crippen LogP contribution in [0.3, 0.4) is 0 Å². The molecule has 1 aromatic carbocycles. The molecule has 3 aromatic rings. The number of fused-ring (bicyclic) bond motifs is 1. The topological polar surface area (TPSA) is 64.8 Å². The van der Waals surface area contributed by atoms with E-state index in [-0.39, 0.29) is 4.90 Å². The third-order valence-corrected chi connectivity index (χ3v) is 6.33. The molecular weight excluding hydrogens is 366 g/mol. The molecule has 112 valence electrons. The second-order valence-electron chi connectivity index (χ2n) is 5.32. The zero-order valence-corrected chi connectivity index (χ0v) is 13.9. The second kappa shape index (κ2) is 4.89. The fraction of sp³-hybridized carbons (Fsp3) is 0.200. The van der Waals surface area contributed by atoms with Gasteiger partial charge in [-0.05, 0) is 47.0 Å². The van der Waals surface area contributed by atoms with Crippen molar-refractivity contribution in [3.8, 4) is 0 Å². The summed E-state index contributed by atoms with van der Waals surface area (Å²) in [6.45, 7) is 0. The Labute approximate surface area is 136 Å². The maximum atomic E-state index is 12.9. The Morgan fingerprint density at radius 1 is 1.14 bits per heavy atom. The molecule has 1 aliphatic rings. The highest BCUT2D eigenvalue weighted by Gasteiger charge is 2.30. The largest absolute Gasteiger partial charge is 0.270 e. The van der Waals surface area contributed by atoms with Gasteiger partial charge in [0, 0.05) is 11.3 Å². The summed E-state index contributed by atoms with van der Waals surface area (Å²) in [5.41, 5.74) is 1.36. The smallest absolute Gasteiger partial charge is 0.240 e. The molecule has 22 heavy (non-hydrogen) atoms. The highest BCUT2D eigenvalue weighted by Crippen LogP contribution is 2.42. The summed E-state index contributed by atoms with van der Waals surface area (Å²) in [6.07, 6.45) is 3.64. The van der Waals surface area contributed by atoms with Crippen LogP contribution in [0.15, 0.2) is 52.2 Å². The molecular formula is C15H12BrN3O2S. The Morgan fingerprint density at radius 3 is 2.55 bits per heavy atom. The van der Waals surface area contributed by atoms with E-state index < -0.39 is 10.0 Å². The first kappa shape index (κ1) is 13.9. The molecule has 1 fully saturated rings. The van der Waals surface area contributed by atoms with E-state index in [1.54, 1.807) is 36.4 Å². The summed E-state index contributed by atoms with van der Waals surface area (Å²) < 4.78 is 27.5. The third kappa shape index (κ3) is 2.07. The van der Waals surface area contributed by atoms with Crippen molar-refractivity contribution >= 4 is 37.0 Å². The molecule has 7 heteroatoms. The van der Waals surface area contributed by atoms with E-state index in [0.717, 1.165) is 23.9 Å². The van der Waals surface area contributed by atoms with E-state index in [1.807, 2.05) is 0 Å². The molecule has 0 aliphatic heterocycles. The SMILES string of the molecule is O=S(=O)(c1ccccc1)n1c(Br)cc2c(C3CC3)ncnc21. The molecule has 2 heterocycles. The van der Waals surface area contributed by atoms with Crippen molar-refractivity contribution in [3.63, 3.8) is 0 Å². The molecule has 0 bridgehead atoms. The number of hydrogen-bond acceptors (Lipinski definition) is 4. The Hall–Kier alpha value is -1.73. The van der Waals surface area contributed by atoms with Gasteiger partial charge in [-0.2, -0.15) is 0 Å². The van der Waals surface area contributed by atoms with E-state index in [4.69, 9.17) is 0 Å². The molecule has 0 atom stereocenters. The molecule has 2 aromatic heterocycles. The molecule has 0 unspecified atom stereocenters. The average molecular weight is 378 g/mol. The van der Waals surface area contributed by atoms with Gasteiger partial charge in [0.25, 0.3) is 10.0 Å². The van der Waals surface area contributed by atoms with Crippen molar-refractivity contribution in [2.24, 2.45) is 0 Å². The maximum Gasteiger partial charge on any atom is 0.270 e. The normalized spacial score (nSPS) is 15.3. The lowest BCUT2D eigenvalue weighted by atomic mass is 10.2. The summed E-state index contributed by atoms with van der Waals surface area (Å²) in [4.78, 5) is 8.78. The van der Waals surface area contributed by atoms with Crippen molar-refractivity contribution < 1.29 is 8.42 Å². The molecule has 4 rings (SSSR count). The van der Waals surface area contributed by atoms with Gasteiger partial charge in [0.15, 0.2) is 5.65 Å². The number of aromatic nitrogens is 3. The van der Waals surface area contributed by atoms with Gasteiger partial charge in [-0.1, -0.05) is 18.2 Å². The highest BCUT2D eigenvalue weighted by atomic mass is 79.9. The Bertz CT molecular complexity index is 963. The van der Waals surface area contributed by atoms with Crippen LogP contribution in [0.25, 0.3) is 11.0 Å². The predicted molar refractivity (Wildman–Crippen MR) is 86.2 cm³/mol. The lowest BCUT2D eigenvalue weighted by Gasteiger charge is -2.08. The molecule has 0 spiro atoms. The molecule has 1 saturated carbocycles. The quantitative estimate of drug-likeness (QED) is 0.702. The average Bonchev–Trinajstić information content (AvgIpc) is 3.29. The van der Waals surface area contributed by atoms with Gasteiger partial charge in [0.2, 0.25) is 0 Å². The van der Waals surface area contributed by atoms with Gasteiger partial charge < -0.3 is 0 Å². The molecule has 0 N–H and O–H groups in total. The fourth-order valence-corrected chi connectivity index (χ4v) is 4.92. The van der Waals surface area contributed by atoms with Gasteiger partial charge in [-0.3, -0.25) is 0 Å². The van der Waals surface area contributed by atoms with Crippen molar-refractivity contribution in [1.82, 2.24) is 13.9 Å². The minimum atomic E-state index is -3.70. The van der Waals surface area contributed by atoms with Crippen LogP contribution >= 0.6 is 15.9 Å². The minimum Gasteiger partial charge on any atom is -0.240 e. The monoisotopic (exact) mass is 377 g/mol. The van der Waals surface area contributed by atoms with Gasteiger partial charge in [0.05, 0.1) is 10.6 Å². The maximum absolute atomic E-state index is 12.9. The van der Waals surface area contributed by atoms with Crippen LogP contribution in [-0.2, 0) is 10.0 Å². The van der Waals surface area contributed by atoms with Crippen LogP contribution in [0.1, 0.15) is 24.5 Å². The molecule has 5 nitrogen and oxygen atoms in total. The standard InChI is InChI=1S/C15H12BrN3O2S/c16-13-8-12-14(10-6-7-10)17-9-18-15(12)19(13)22(20,21)11-4-2-1-3-5-11/h1-5,8-10H,6-7H2. The summed E-state index contributed by atoms with van der Waals surface area (Å²) in [7, 11) is -3.70. The zero-order chi connectivity index (χ0) is 15.3. The summed E-state index contributed by atoms with van der Waals surface area (Å²) in [6, 6.07) is 10.2. The lowest BCUT2D eigenvalue weighted by Crippen LogP contribution is -2.13. The second-order valence-corrected chi connectivity index (χ2v) is 7.92. The Balaban J connectivity index is 2.00. The van der Waals surface area contributed by atoms with Crippen LogP contribution in [0.4, 0.5) is 0 Å². The van der Waals surface area contributed by atoms with E-state index >= 15 is 0 Å². The van der Waals surface area contributed by atoms with Crippen molar-refractivity contribution in [2.75, 3.05) is 0 Å². The van der Waals surface area contributed by atoms with Gasteiger partial charge >= 0.3 is 0 Å². The van der Waals surface area contributed by atoms with E-state index in [0.29, 0.717) is 16.2 Å². The van der Waals surface area contributed by atoms with Gasteiger partial charge in [0.1, 0.15) is 10.9 Å². The number of nitrogens with zero attached hydrogens (tertiary/aromatic N) is 3. The summed E-state index contributed by atoms with van der Waals surface area (Å²) >= 11 is 3.36. The third-order valence-electron chi connectivity index (χ3n) is 3.79. The lowest BCUT2D eigenvalue weighted by molar-refractivity contribution is 0.588. The zero-order valence-electron chi connectivity index (χ0n) is 11.5. The van der Waals surface area contributed by atoms with Crippen LogP contribution < -0.4 is 0 Å². The van der Waals surface area contributed by atoms with Crippen LogP contribution in [0, 0.1) is 0 Å². The van der Waals surface area contributed by atoms with Crippen LogP contribution in [0.2, 0.25) is 0 Å². The van der Waals surface area contributed by atoms with Crippen LogP contribution in [0.5, 0.6) is 0 Å². The fourth-order valence-electron chi connectivity index (χ4n) is 2.59. The number of benzene rings is 1. The molecule has 0 amide bonds. The van der Waals surface area contributed by atoms with Crippen LogP contribution in [-0.4, -0.2) is 22.4 Å². The molecule has 0 saturated heterocycles. The first-order valence-electron chi connectivity index (χ1n) is 6.91. The van der Waals surface area contributed by atoms with Crippen molar-refractivity contribution in [3.05, 3.63) is 53.0 Å². The summed E-state index contributed by atoms with van der Waals surface area (Å²) in [5, 5.41) is 0.802. The van der Waals surface area contributed by atoms with E-state index in [9.17, 15) is 8.42 Å². The van der Waals surface area contributed by atoms with Crippen molar-refractivity contribution in [1.29, 1.82) is 0 Å². The first-order chi connectivity index (χ1) is 10.6. The summed E-state index contributed by atoms with van der Waals surface area (Å²) in [5.74, 6) is 0.424. The van der Waals surface area contributed by atoms with E-state index in [2.05, 4.69) is 25.9 Å². The van der Waals surface area contributed by atoms with E-state index in [1.165, 1.54) is 10.3 Å². The minimum absolute atomic E-state index is 0.236. The highest BCUT2D eigenvalue weighted by molar-refractivity contribution is 9.10. The number of halogens is 1. The molecule has 0 radical (unpaired) electrons. The van der Waals surface area contributed by atoms with Gasteiger partial charge in [-0.15, -0.1) is 0 Å². The molecule has 1 aliphatic carbocycles. The Kier molecular flexibility index (Phi) is 3.09. The van der Waals surface area contributed by atoms with Crippen molar-refractivity contribution in [2.45, 2.75) is 23.7 Å². The number of hydrogen-bond donors (Lipinski definition) is 0. The van der Waals surface area contributed by atoms with Gasteiger partial charge in [-0.25, -0.2) is 22.4 Å². The number of rotatable bonds is 3. The Morgan fingerprint density at radius 2 is 1.86 bits per heavy atom. The predicted octanol–water partition coefficient (Wildman–Crippen LogP) is 3.31. The first-order valence-corrected chi connectivity index (χ1v) is 9.15.